The summed E-state index contributed by atoms with van der Waals surface area (Å²) in [7, 11) is -3.31. The number of rotatable bonds is 4. The van der Waals surface area contributed by atoms with E-state index in [0.29, 0.717) is 24.3 Å². The van der Waals surface area contributed by atoms with Crippen LogP contribution in [0.1, 0.15) is 27.9 Å². The number of phenols is 1. The van der Waals surface area contributed by atoms with Crippen LogP contribution >= 0.6 is 0 Å². The topological polar surface area (TPSA) is 86.7 Å². The van der Waals surface area contributed by atoms with E-state index in [1.165, 1.54) is 10.6 Å². The third-order valence-electron chi connectivity index (χ3n) is 4.21. The Hall–Kier alpha value is -2.54. The van der Waals surface area contributed by atoms with Crippen molar-refractivity contribution in [2.75, 3.05) is 17.1 Å². The van der Waals surface area contributed by atoms with Crippen LogP contribution in [0.5, 0.6) is 5.75 Å². The monoisotopic (exact) mass is 360 g/mol. The minimum atomic E-state index is -3.31. The second-order valence-corrected chi connectivity index (χ2v) is 8.04. The summed E-state index contributed by atoms with van der Waals surface area (Å²) in [4.78, 5) is 12.4. The van der Waals surface area contributed by atoms with Crippen molar-refractivity contribution in [2.24, 2.45) is 0 Å². The van der Waals surface area contributed by atoms with Gasteiger partial charge >= 0.3 is 0 Å². The number of nitrogens with one attached hydrogen (secondary N) is 1. The number of sulfonamides is 1. The molecule has 7 heteroatoms. The Morgan fingerprint density at radius 3 is 2.60 bits per heavy atom. The molecule has 2 aromatic carbocycles. The van der Waals surface area contributed by atoms with E-state index in [0.717, 1.165) is 24.0 Å². The van der Waals surface area contributed by atoms with Crippen LogP contribution in [0, 0.1) is 0 Å². The first kappa shape index (κ1) is 17.3. The first-order chi connectivity index (χ1) is 11.8. The fraction of sp³-hybridized carbons (Fsp3) is 0.278. The van der Waals surface area contributed by atoms with Crippen LogP contribution in [0.4, 0.5) is 5.69 Å². The fourth-order valence-corrected chi connectivity index (χ4v) is 3.94. The van der Waals surface area contributed by atoms with Gasteiger partial charge in [0, 0.05) is 18.7 Å². The number of fused-ring (bicyclic) bond motifs is 1. The third kappa shape index (κ3) is 3.93. The highest BCUT2D eigenvalue weighted by molar-refractivity contribution is 7.92. The number of carbonyl (C=O) groups excluding carboxylic acids is 1. The van der Waals surface area contributed by atoms with Gasteiger partial charge in [0.05, 0.1) is 11.9 Å². The van der Waals surface area contributed by atoms with E-state index in [9.17, 15) is 18.3 Å². The summed E-state index contributed by atoms with van der Waals surface area (Å²) in [5.74, 6) is -0.0347. The van der Waals surface area contributed by atoms with Crippen molar-refractivity contribution in [3.63, 3.8) is 0 Å². The van der Waals surface area contributed by atoms with E-state index >= 15 is 0 Å². The zero-order chi connectivity index (χ0) is 18.0. The summed E-state index contributed by atoms with van der Waals surface area (Å²) in [5, 5.41) is 12.1. The van der Waals surface area contributed by atoms with Crippen molar-refractivity contribution >= 4 is 21.6 Å². The summed E-state index contributed by atoms with van der Waals surface area (Å²) in [5.41, 5.74) is 2.91. The predicted molar refractivity (Wildman–Crippen MR) is 96.2 cm³/mol. The third-order valence-corrected chi connectivity index (χ3v) is 5.39. The van der Waals surface area contributed by atoms with E-state index < -0.39 is 10.0 Å². The summed E-state index contributed by atoms with van der Waals surface area (Å²) >= 11 is 0. The van der Waals surface area contributed by atoms with E-state index in [-0.39, 0.29) is 11.7 Å². The summed E-state index contributed by atoms with van der Waals surface area (Å²) < 4.78 is 25.2. The maximum atomic E-state index is 12.4. The zero-order valence-corrected chi connectivity index (χ0v) is 14.7. The number of nitrogens with zero attached hydrogens (tertiary/aromatic N) is 1. The van der Waals surface area contributed by atoms with E-state index in [4.69, 9.17) is 0 Å². The quantitative estimate of drug-likeness (QED) is 0.873. The lowest BCUT2D eigenvalue weighted by atomic mass is 10.0. The van der Waals surface area contributed by atoms with Gasteiger partial charge in [-0.15, -0.1) is 0 Å². The Morgan fingerprint density at radius 1 is 1.20 bits per heavy atom. The minimum absolute atomic E-state index is 0.181. The Kier molecular flexibility index (Phi) is 4.67. The van der Waals surface area contributed by atoms with Crippen molar-refractivity contribution in [3.8, 4) is 5.75 Å². The number of benzene rings is 2. The van der Waals surface area contributed by atoms with Gasteiger partial charge in [-0.25, -0.2) is 8.42 Å². The van der Waals surface area contributed by atoms with Crippen LogP contribution in [-0.2, 0) is 23.0 Å². The van der Waals surface area contributed by atoms with Gasteiger partial charge in [-0.3, -0.25) is 9.10 Å². The van der Waals surface area contributed by atoms with Crippen LogP contribution in [0.15, 0.2) is 42.5 Å². The molecule has 0 saturated carbocycles. The van der Waals surface area contributed by atoms with Crippen LogP contribution in [-0.4, -0.2) is 32.2 Å². The van der Waals surface area contributed by atoms with Crippen LogP contribution in [0.3, 0.4) is 0 Å². The largest absolute Gasteiger partial charge is 0.508 e. The zero-order valence-electron chi connectivity index (χ0n) is 13.9. The molecule has 0 aromatic heterocycles. The molecule has 0 saturated heterocycles. The first-order valence-electron chi connectivity index (χ1n) is 8.01. The van der Waals surface area contributed by atoms with Crippen LogP contribution < -0.4 is 9.62 Å². The molecule has 3 rings (SSSR count). The van der Waals surface area contributed by atoms with Crippen molar-refractivity contribution in [3.05, 3.63) is 59.2 Å². The van der Waals surface area contributed by atoms with Gasteiger partial charge in [-0.05, 0) is 54.3 Å². The van der Waals surface area contributed by atoms with Gasteiger partial charge in [0.25, 0.3) is 5.91 Å². The summed E-state index contributed by atoms with van der Waals surface area (Å²) in [6.07, 6.45) is 2.68. The first-order valence-corrected chi connectivity index (χ1v) is 9.86. The number of aryl methyl sites for hydroxylation is 1. The van der Waals surface area contributed by atoms with E-state index in [1.54, 1.807) is 42.5 Å². The van der Waals surface area contributed by atoms with E-state index in [1.807, 2.05) is 0 Å². The second-order valence-electron chi connectivity index (χ2n) is 6.13. The molecule has 1 heterocycles. The average Bonchev–Trinajstić information content (AvgIpc) is 2.59. The predicted octanol–water partition coefficient (Wildman–Crippen LogP) is 2.03. The lowest BCUT2D eigenvalue weighted by Gasteiger charge is -2.29. The Bertz CT molecular complexity index is 892. The Morgan fingerprint density at radius 2 is 1.92 bits per heavy atom. The molecule has 2 N–H and O–H groups in total. The summed E-state index contributed by atoms with van der Waals surface area (Å²) in [6, 6.07) is 11.7. The fourth-order valence-electron chi connectivity index (χ4n) is 2.95. The minimum Gasteiger partial charge on any atom is -0.508 e. The van der Waals surface area contributed by atoms with Crippen molar-refractivity contribution < 1.29 is 18.3 Å². The van der Waals surface area contributed by atoms with Gasteiger partial charge < -0.3 is 10.4 Å². The molecule has 0 aliphatic carbocycles. The van der Waals surface area contributed by atoms with Gasteiger partial charge in [0.1, 0.15) is 5.75 Å². The highest BCUT2D eigenvalue weighted by Gasteiger charge is 2.24. The number of hydrogen-bond acceptors (Lipinski definition) is 4. The lowest BCUT2D eigenvalue weighted by molar-refractivity contribution is 0.0951. The number of carbonyl (C=O) groups is 1. The number of amides is 1. The van der Waals surface area contributed by atoms with Crippen molar-refractivity contribution in [1.82, 2.24) is 5.32 Å². The standard InChI is InChI=1S/C18H20N2O4S/c1-25(23,24)20-10-2-3-14-11-15(6-9-17(14)20)18(22)19-12-13-4-7-16(21)8-5-13/h4-9,11,21H,2-3,10,12H2,1H3,(H,19,22). The van der Waals surface area contributed by atoms with Crippen molar-refractivity contribution in [1.29, 1.82) is 0 Å². The maximum absolute atomic E-state index is 12.4. The molecule has 0 fully saturated rings. The van der Waals surface area contributed by atoms with Crippen molar-refractivity contribution in [2.45, 2.75) is 19.4 Å². The molecule has 2 aromatic rings. The normalized spacial score (nSPS) is 14.0. The molecule has 0 atom stereocenters. The molecule has 1 amide bonds. The number of anilines is 1. The van der Waals surface area contributed by atoms with E-state index in [2.05, 4.69) is 5.32 Å². The maximum Gasteiger partial charge on any atom is 0.251 e. The molecule has 0 spiro atoms. The highest BCUT2D eigenvalue weighted by atomic mass is 32.2. The van der Waals surface area contributed by atoms with Gasteiger partial charge in [0.15, 0.2) is 0 Å². The molecule has 0 radical (unpaired) electrons. The molecular weight excluding hydrogens is 340 g/mol. The highest BCUT2D eigenvalue weighted by Crippen LogP contribution is 2.29. The molecular formula is C18H20N2O4S. The average molecular weight is 360 g/mol. The molecule has 6 nitrogen and oxygen atoms in total. The van der Waals surface area contributed by atoms with Crippen LogP contribution in [0.25, 0.3) is 0 Å². The summed E-state index contributed by atoms with van der Waals surface area (Å²) in [6.45, 7) is 0.823. The number of aromatic hydroxyl groups is 1. The molecule has 1 aliphatic heterocycles. The number of hydrogen-bond donors (Lipinski definition) is 2. The number of phenolic OH excluding ortho intramolecular Hbond substituents is 1. The van der Waals surface area contributed by atoms with Gasteiger partial charge in [-0.2, -0.15) is 0 Å². The van der Waals surface area contributed by atoms with Gasteiger partial charge in [-0.1, -0.05) is 12.1 Å². The Balaban J connectivity index is 1.75. The molecule has 0 unspecified atom stereocenters. The second kappa shape index (κ2) is 6.76. The van der Waals surface area contributed by atoms with Gasteiger partial charge in [0.2, 0.25) is 10.0 Å². The smallest absolute Gasteiger partial charge is 0.251 e. The SMILES string of the molecule is CS(=O)(=O)N1CCCc2cc(C(=O)NCc3ccc(O)cc3)ccc21. The Labute approximate surface area is 147 Å². The molecule has 1 aliphatic rings. The molecule has 132 valence electrons. The molecule has 25 heavy (non-hydrogen) atoms. The molecule has 0 bridgehead atoms. The lowest BCUT2D eigenvalue weighted by Crippen LogP contribution is -2.34. The van der Waals surface area contributed by atoms with Crippen LogP contribution in [0.2, 0.25) is 0 Å².